The average molecular weight is 277 g/mol. The summed E-state index contributed by atoms with van der Waals surface area (Å²) in [4.78, 5) is 20.3. The first-order valence-electron chi connectivity index (χ1n) is 7.31. The summed E-state index contributed by atoms with van der Waals surface area (Å²) in [5.41, 5.74) is 0.244. The number of nitrogens with one attached hydrogen (secondary N) is 1. The molecule has 1 fully saturated rings. The zero-order valence-corrected chi connectivity index (χ0v) is 12.3. The van der Waals surface area contributed by atoms with Gasteiger partial charge in [-0.25, -0.2) is 9.97 Å². The van der Waals surface area contributed by atoms with Crippen LogP contribution in [0.2, 0.25) is 0 Å². The average Bonchev–Trinajstić information content (AvgIpc) is 2.61. The molecule has 0 bridgehead atoms. The summed E-state index contributed by atoms with van der Waals surface area (Å²) in [6, 6.07) is 1.86. The maximum atomic E-state index is 11.7. The molecule has 1 aromatic heterocycles. The van der Waals surface area contributed by atoms with Gasteiger partial charge < -0.3 is 10.4 Å². The molecule has 1 aromatic rings. The van der Waals surface area contributed by atoms with Gasteiger partial charge in [0.05, 0.1) is 5.41 Å². The van der Waals surface area contributed by atoms with Crippen LogP contribution in [0.3, 0.4) is 0 Å². The molecule has 1 aliphatic carbocycles. The number of carbonyl (C=O) groups is 1. The van der Waals surface area contributed by atoms with Crippen molar-refractivity contribution in [3.05, 3.63) is 17.6 Å². The van der Waals surface area contributed by atoms with Gasteiger partial charge in [-0.2, -0.15) is 0 Å². The van der Waals surface area contributed by atoms with E-state index in [0.29, 0.717) is 12.4 Å². The Hall–Kier alpha value is -1.65. The number of anilines is 1. The van der Waals surface area contributed by atoms with E-state index in [0.717, 1.165) is 50.0 Å². The molecule has 0 saturated heterocycles. The molecule has 0 aromatic carbocycles. The summed E-state index contributed by atoms with van der Waals surface area (Å²) in [5, 5.41) is 12.8. The quantitative estimate of drug-likeness (QED) is 0.828. The minimum atomic E-state index is -0.686. The second-order valence-corrected chi connectivity index (χ2v) is 5.80. The number of nitrogens with zero attached hydrogens (tertiary/aromatic N) is 2. The summed E-state index contributed by atoms with van der Waals surface area (Å²) in [6.45, 7) is 4.20. The number of aliphatic carboxylic acids is 1. The van der Waals surface area contributed by atoms with Gasteiger partial charge in [0.2, 0.25) is 0 Å². The summed E-state index contributed by atoms with van der Waals surface area (Å²) in [6.07, 6.45) is 5.77. The molecular weight excluding hydrogens is 254 g/mol. The monoisotopic (exact) mass is 277 g/mol. The highest BCUT2D eigenvalue weighted by Crippen LogP contribution is 2.35. The summed E-state index contributed by atoms with van der Waals surface area (Å²) in [5.74, 6) is 0.743. The molecule has 1 saturated carbocycles. The lowest BCUT2D eigenvalue weighted by molar-refractivity contribution is -0.149. The van der Waals surface area contributed by atoms with Gasteiger partial charge >= 0.3 is 5.97 Å². The fourth-order valence-electron chi connectivity index (χ4n) is 2.94. The smallest absolute Gasteiger partial charge is 0.311 e. The predicted molar refractivity (Wildman–Crippen MR) is 77.8 cm³/mol. The van der Waals surface area contributed by atoms with Crippen molar-refractivity contribution in [1.29, 1.82) is 0 Å². The number of hydrogen-bond acceptors (Lipinski definition) is 4. The van der Waals surface area contributed by atoms with Crippen molar-refractivity contribution in [2.24, 2.45) is 5.41 Å². The molecule has 5 heteroatoms. The van der Waals surface area contributed by atoms with Gasteiger partial charge in [0.1, 0.15) is 11.6 Å². The van der Waals surface area contributed by atoms with Gasteiger partial charge in [0.15, 0.2) is 0 Å². The Morgan fingerprint density at radius 1 is 1.25 bits per heavy atom. The summed E-state index contributed by atoms with van der Waals surface area (Å²) >= 11 is 0. The number of aromatic nitrogens is 2. The van der Waals surface area contributed by atoms with Gasteiger partial charge in [0.25, 0.3) is 0 Å². The molecule has 0 spiro atoms. The van der Waals surface area contributed by atoms with Crippen molar-refractivity contribution in [3.63, 3.8) is 0 Å². The highest BCUT2D eigenvalue weighted by atomic mass is 16.4. The van der Waals surface area contributed by atoms with Gasteiger partial charge in [-0.3, -0.25) is 4.79 Å². The number of hydrogen-bond donors (Lipinski definition) is 2. The van der Waals surface area contributed by atoms with Crippen LogP contribution in [0, 0.1) is 19.3 Å². The van der Waals surface area contributed by atoms with Crippen LogP contribution in [0.5, 0.6) is 0 Å². The van der Waals surface area contributed by atoms with E-state index >= 15 is 0 Å². The zero-order valence-electron chi connectivity index (χ0n) is 12.3. The number of carboxylic acids is 1. The lowest BCUT2D eigenvalue weighted by Gasteiger charge is -2.28. The Morgan fingerprint density at radius 2 is 1.90 bits per heavy atom. The van der Waals surface area contributed by atoms with Crippen molar-refractivity contribution in [2.75, 3.05) is 11.9 Å². The normalized spacial score (nSPS) is 18.3. The molecule has 2 rings (SSSR count). The van der Waals surface area contributed by atoms with Crippen LogP contribution in [0.25, 0.3) is 0 Å². The van der Waals surface area contributed by atoms with Crippen LogP contribution in [-0.2, 0) is 4.79 Å². The summed E-state index contributed by atoms with van der Waals surface area (Å²) < 4.78 is 0. The molecule has 1 heterocycles. The molecule has 0 aliphatic heterocycles. The summed E-state index contributed by atoms with van der Waals surface area (Å²) in [7, 11) is 0. The predicted octanol–water partition coefficient (Wildman–Crippen LogP) is 2.93. The molecule has 5 nitrogen and oxygen atoms in total. The standard InChI is InChI=1S/C15H23N3O2/c1-11-9-13(18-12(2)17-11)16-10-15(14(19)20)7-5-3-4-6-8-15/h9H,3-8,10H2,1-2H3,(H,19,20)(H,16,17,18). The first-order chi connectivity index (χ1) is 9.52. The van der Waals surface area contributed by atoms with E-state index in [4.69, 9.17) is 0 Å². The van der Waals surface area contributed by atoms with Crippen molar-refractivity contribution in [1.82, 2.24) is 9.97 Å². The lowest BCUT2D eigenvalue weighted by atomic mass is 9.80. The van der Waals surface area contributed by atoms with E-state index in [2.05, 4.69) is 15.3 Å². The van der Waals surface area contributed by atoms with E-state index < -0.39 is 11.4 Å². The molecule has 2 N–H and O–H groups in total. The zero-order chi connectivity index (χ0) is 14.6. The van der Waals surface area contributed by atoms with Gasteiger partial charge in [-0.15, -0.1) is 0 Å². The van der Waals surface area contributed by atoms with Crippen molar-refractivity contribution in [3.8, 4) is 0 Å². The fourth-order valence-corrected chi connectivity index (χ4v) is 2.94. The Morgan fingerprint density at radius 3 is 2.45 bits per heavy atom. The van der Waals surface area contributed by atoms with E-state index in [1.165, 1.54) is 0 Å². The number of carboxylic acid groups (broad SMARTS) is 1. The Bertz CT molecular complexity index is 460. The maximum absolute atomic E-state index is 11.7. The van der Waals surface area contributed by atoms with Gasteiger partial charge in [0, 0.05) is 18.3 Å². The van der Waals surface area contributed by atoms with Crippen LogP contribution in [0.1, 0.15) is 50.0 Å². The molecular formula is C15H23N3O2. The van der Waals surface area contributed by atoms with Crippen LogP contribution in [0.4, 0.5) is 5.82 Å². The van der Waals surface area contributed by atoms with Crippen molar-refractivity contribution in [2.45, 2.75) is 52.4 Å². The van der Waals surface area contributed by atoms with E-state index in [1.54, 1.807) is 0 Å². The van der Waals surface area contributed by atoms with E-state index in [-0.39, 0.29) is 0 Å². The van der Waals surface area contributed by atoms with E-state index in [1.807, 2.05) is 19.9 Å². The lowest BCUT2D eigenvalue weighted by Crippen LogP contribution is -2.37. The Labute approximate surface area is 119 Å². The number of rotatable bonds is 4. The minimum Gasteiger partial charge on any atom is -0.481 e. The van der Waals surface area contributed by atoms with Crippen molar-refractivity contribution < 1.29 is 9.90 Å². The topological polar surface area (TPSA) is 75.1 Å². The van der Waals surface area contributed by atoms with Gasteiger partial charge in [-0.1, -0.05) is 25.7 Å². The third-order valence-electron chi connectivity index (χ3n) is 4.09. The van der Waals surface area contributed by atoms with Crippen LogP contribution in [-0.4, -0.2) is 27.6 Å². The molecule has 0 radical (unpaired) electrons. The Kier molecular flexibility index (Phi) is 4.57. The first-order valence-corrected chi connectivity index (χ1v) is 7.31. The first kappa shape index (κ1) is 14.8. The highest BCUT2D eigenvalue weighted by Gasteiger charge is 2.38. The third kappa shape index (κ3) is 3.46. The highest BCUT2D eigenvalue weighted by molar-refractivity contribution is 5.75. The van der Waals surface area contributed by atoms with E-state index in [9.17, 15) is 9.90 Å². The second kappa shape index (κ2) is 6.20. The number of aryl methyl sites for hydroxylation is 2. The van der Waals surface area contributed by atoms with Crippen molar-refractivity contribution >= 4 is 11.8 Å². The van der Waals surface area contributed by atoms with Crippen LogP contribution >= 0.6 is 0 Å². The molecule has 0 amide bonds. The van der Waals surface area contributed by atoms with Crippen LogP contribution < -0.4 is 5.32 Å². The molecule has 20 heavy (non-hydrogen) atoms. The fraction of sp³-hybridized carbons (Fsp3) is 0.667. The third-order valence-corrected chi connectivity index (χ3v) is 4.09. The minimum absolute atomic E-state index is 0.443. The van der Waals surface area contributed by atoms with Crippen LogP contribution in [0.15, 0.2) is 6.07 Å². The Balaban J connectivity index is 2.10. The molecule has 0 unspecified atom stereocenters. The maximum Gasteiger partial charge on any atom is 0.311 e. The van der Waals surface area contributed by atoms with Gasteiger partial charge in [-0.05, 0) is 26.7 Å². The second-order valence-electron chi connectivity index (χ2n) is 5.80. The molecule has 110 valence electrons. The molecule has 0 atom stereocenters. The SMILES string of the molecule is Cc1cc(NCC2(C(=O)O)CCCCCC2)nc(C)n1. The largest absolute Gasteiger partial charge is 0.481 e. The molecule has 1 aliphatic rings.